The minimum absolute atomic E-state index is 0.344. The number of carboxylic acid groups (broad SMARTS) is 1. The summed E-state index contributed by atoms with van der Waals surface area (Å²) < 4.78 is 0. The Morgan fingerprint density at radius 3 is 2.94 bits per heavy atom. The largest absolute Gasteiger partial charge is 0.481 e. The number of thioether (sulfide) groups is 1. The summed E-state index contributed by atoms with van der Waals surface area (Å²) in [7, 11) is 0. The van der Waals surface area contributed by atoms with Crippen LogP contribution in [0.4, 0.5) is 0 Å². The van der Waals surface area contributed by atoms with Crippen LogP contribution in [0.25, 0.3) is 0 Å². The van der Waals surface area contributed by atoms with E-state index in [9.17, 15) is 4.79 Å². The van der Waals surface area contributed by atoms with Crippen molar-refractivity contribution in [2.75, 3.05) is 24.6 Å². The van der Waals surface area contributed by atoms with Gasteiger partial charge in [0, 0.05) is 24.8 Å². The summed E-state index contributed by atoms with van der Waals surface area (Å²) in [5.41, 5.74) is 0.392. The van der Waals surface area contributed by atoms with Crippen LogP contribution in [0, 0.1) is 11.3 Å². The molecule has 17 heavy (non-hydrogen) atoms. The SMILES string of the molecule is CC1(C)CCSCC1N1CCC(CC(=O)O)C1. The van der Waals surface area contributed by atoms with Crippen molar-refractivity contribution in [1.29, 1.82) is 0 Å². The molecule has 2 aliphatic heterocycles. The van der Waals surface area contributed by atoms with Gasteiger partial charge in [0.2, 0.25) is 0 Å². The minimum atomic E-state index is -0.644. The Balaban J connectivity index is 1.93. The van der Waals surface area contributed by atoms with Crippen molar-refractivity contribution in [2.45, 2.75) is 39.2 Å². The summed E-state index contributed by atoms with van der Waals surface area (Å²) in [5.74, 6) is 2.22. The molecule has 2 aliphatic rings. The van der Waals surface area contributed by atoms with E-state index in [2.05, 4.69) is 18.7 Å². The molecule has 0 aromatic carbocycles. The fourth-order valence-corrected chi connectivity index (χ4v) is 4.80. The summed E-state index contributed by atoms with van der Waals surface area (Å²) >= 11 is 2.05. The Bertz CT molecular complexity index is 293. The Morgan fingerprint density at radius 1 is 1.53 bits per heavy atom. The molecule has 0 saturated carbocycles. The van der Waals surface area contributed by atoms with E-state index in [1.807, 2.05) is 11.8 Å². The van der Waals surface area contributed by atoms with Gasteiger partial charge >= 0.3 is 5.97 Å². The molecule has 1 N–H and O–H groups in total. The summed E-state index contributed by atoms with van der Waals surface area (Å²) in [6, 6.07) is 0.639. The number of rotatable bonds is 3. The molecule has 2 unspecified atom stereocenters. The van der Waals surface area contributed by atoms with Gasteiger partial charge in [0.15, 0.2) is 0 Å². The van der Waals surface area contributed by atoms with Crippen LogP contribution in [0.2, 0.25) is 0 Å². The first-order chi connectivity index (χ1) is 7.99. The normalized spacial score (nSPS) is 33.8. The van der Waals surface area contributed by atoms with Gasteiger partial charge < -0.3 is 5.11 Å². The maximum absolute atomic E-state index is 10.7. The van der Waals surface area contributed by atoms with Gasteiger partial charge in [-0.25, -0.2) is 0 Å². The van der Waals surface area contributed by atoms with Gasteiger partial charge in [0.25, 0.3) is 0 Å². The number of hydrogen-bond acceptors (Lipinski definition) is 3. The van der Waals surface area contributed by atoms with Gasteiger partial charge in [0.05, 0.1) is 0 Å². The lowest BCUT2D eigenvalue weighted by atomic mass is 9.81. The van der Waals surface area contributed by atoms with E-state index in [1.54, 1.807) is 0 Å². The van der Waals surface area contributed by atoms with Crippen molar-refractivity contribution in [3.8, 4) is 0 Å². The van der Waals surface area contributed by atoms with Crippen LogP contribution in [0.1, 0.15) is 33.1 Å². The number of carbonyl (C=O) groups is 1. The van der Waals surface area contributed by atoms with E-state index in [4.69, 9.17) is 5.11 Å². The van der Waals surface area contributed by atoms with Crippen LogP contribution in [0.15, 0.2) is 0 Å². The predicted octanol–water partition coefficient (Wildman–Crippen LogP) is 2.31. The average molecular weight is 257 g/mol. The van der Waals surface area contributed by atoms with Gasteiger partial charge in [-0.05, 0) is 36.5 Å². The summed E-state index contributed by atoms with van der Waals surface area (Å²) in [4.78, 5) is 13.3. The maximum Gasteiger partial charge on any atom is 0.303 e. The summed E-state index contributed by atoms with van der Waals surface area (Å²) in [6.07, 6.45) is 2.68. The molecule has 0 bridgehead atoms. The highest BCUT2D eigenvalue weighted by Gasteiger charge is 2.39. The molecule has 2 heterocycles. The number of carboxylic acids is 1. The molecular weight excluding hydrogens is 234 g/mol. The second-order valence-corrected chi connectivity index (χ2v) is 7.23. The fourth-order valence-electron chi connectivity index (χ4n) is 3.08. The lowest BCUT2D eigenvalue weighted by molar-refractivity contribution is -0.138. The molecule has 2 fully saturated rings. The standard InChI is InChI=1S/C13H23NO2S/c1-13(2)4-6-17-9-11(13)14-5-3-10(8-14)7-12(15)16/h10-11H,3-9H2,1-2H3,(H,15,16). The number of hydrogen-bond donors (Lipinski definition) is 1. The van der Waals surface area contributed by atoms with E-state index in [-0.39, 0.29) is 0 Å². The molecule has 0 aliphatic carbocycles. The van der Waals surface area contributed by atoms with E-state index < -0.39 is 5.97 Å². The van der Waals surface area contributed by atoms with Gasteiger partial charge in [-0.15, -0.1) is 0 Å². The smallest absolute Gasteiger partial charge is 0.303 e. The zero-order valence-corrected chi connectivity index (χ0v) is 11.6. The first kappa shape index (κ1) is 13.2. The third-order valence-electron chi connectivity index (χ3n) is 4.29. The third kappa shape index (κ3) is 3.16. The predicted molar refractivity (Wildman–Crippen MR) is 71.4 cm³/mol. The number of likely N-dealkylation sites (tertiary alicyclic amines) is 1. The number of nitrogens with zero attached hydrogens (tertiary/aromatic N) is 1. The first-order valence-corrected chi connectivity index (χ1v) is 7.68. The Kier molecular flexibility index (Phi) is 4.03. The molecule has 0 radical (unpaired) electrons. The van der Waals surface area contributed by atoms with Crippen LogP contribution >= 0.6 is 11.8 Å². The van der Waals surface area contributed by atoms with Crippen LogP contribution in [0.3, 0.4) is 0 Å². The number of aliphatic carboxylic acids is 1. The van der Waals surface area contributed by atoms with Gasteiger partial charge in [0.1, 0.15) is 0 Å². The molecule has 98 valence electrons. The fraction of sp³-hybridized carbons (Fsp3) is 0.923. The molecular formula is C13H23NO2S. The quantitative estimate of drug-likeness (QED) is 0.842. The van der Waals surface area contributed by atoms with E-state index >= 15 is 0 Å². The second kappa shape index (κ2) is 5.19. The van der Waals surface area contributed by atoms with E-state index in [0.29, 0.717) is 23.8 Å². The zero-order chi connectivity index (χ0) is 12.5. The lowest BCUT2D eigenvalue weighted by Crippen LogP contribution is -2.48. The third-order valence-corrected chi connectivity index (χ3v) is 5.33. The maximum atomic E-state index is 10.7. The van der Waals surface area contributed by atoms with Gasteiger partial charge in [-0.3, -0.25) is 9.69 Å². The molecule has 2 rings (SSSR count). The molecule has 0 aromatic rings. The Labute approximate surface area is 108 Å². The van der Waals surface area contributed by atoms with Crippen LogP contribution in [-0.2, 0) is 4.79 Å². The van der Waals surface area contributed by atoms with Crippen molar-refractivity contribution in [2.24, 2.45) is 11.3 Å². The molecule has 0 amide bonds. The van der Waals surface area contributed by atoms with Gasteiger partial charge in [-0.2, -0.15) is 11.8 Å². The molecule has 3 nitrogen and oxygen atoms in total. The van der Waals surface area contributed by atoms with E-state index in [0.717, 1.165) is 19.5 Å². The van der Waals surface area contributed by atoms with E-state index in [1.165, 1.54) is 17.9 Å². The topological polar surface area (TPSA) is 40.5 Å². The van der Waals surface area contributed by atoms with Crippen molar-refractivity contribution in [3.63, 3.8) is 0 Å². The first-order valence-electron chi connectivity index (χ1n) is 6.52. The van der Waals surface area contributed by atoms with Crippen LogP contribution in [0.5, 0.6) is 0 Å². The van der Waals surface area contributed by atoms with Crippen LogP contribution < -0.4 is 0 Å². The second-order valence-electron chi connectivity index (χ2n) is 6.08. The Hall–Kier alpha value is -0.220. The highest BCUT2D eigenvalue weighted by Crippen LogP contribution is 2.39. The highest BCUT2D eigenvalue weighted by molar-refractivity contribution is 7.99. The average Bonchev–Trinajstić information content (AvgIpc) is 2.64. The highest BCUT2D eigenvalue weighted by atomic mass is 32.2. The van der Waals surface area contributed by atoms with Crippen molar-refractivity contribution < 1.29 is 9.90 Å². The zero-order valence-electron chi connectivity index (χ0n) is 10.8. The van der Waals surface area contributed by atoms with Crippen LogP contribution in [-0.4, -0.2) is 46.6 Å². The minimum Gasteiger partial charge on any atom is -0.481 e. The van der Waals surface area contributed by atoms with Gasteiger partial charge in [-0.1, -0.05) is 13.8 Å². The van der Waals surface area contributed by atoms with Crippen molar-refractivity contribution >= 4 is 17.7 Å². The molecule has 0 spiro atoms. The molecule has 2 atom stereocenters. The monoisotopic (exact) mass is 257 g/mol. The van der Waals surface area contributed by atoms with Crippen molar-refractivity contribution in [1.82, 2.24) is 4.90 Å². The molecule has 4 heteroatoms. The molecule has 2 saturated heterocycles. The Morgan fingerprint density at radius 2 is 2.29 bits per heavy atom. The molecule has 0 aromatic heterocycles. The summed E-state index contributed by atoms with van der Waals surface area (Å²) in [5, 5.41) is 8.85. The summed E-state index contributed by atoms with van der Waals surface area (Å²) in [6.45, 7) is 6.80. The van der Waals surface area contributed by atoms with Crippen molar-refractivity contribution in [3.05, 3.63) is 0 Å². The lowest BCUT2D eigenvalue weighted by Gasteiger charge is -2.43.